The van der Waals surface area contributed by atoms with Crippen molar-refractivity contribution in [2.45, 2.75) is 91.2 Å². The highest BCUT2D eigenvalue weighted by atomic mass is 16.3. The molecule has 3 heteroatoms. The molecule has 2 N–H and O–H groups in total. The fraction of sp³-hybridized carbons (Fsp3) is 0.870. The fourth-order valence-electron chi connectivity index (χ4n) is 7.46. The van der Waals surface area contributed by atoms with Crippen molar-refractivity contribution in [1.82, 2.24) is 5.32 Å². The highest BCUT2D eigenvalue weighted by Crippen LogP contribution is 2.66. The number of carbonyl (C=O) groups is 1. The van der Waals surface area contributed by atoms with Crippen LogP contribution >= 0.6 is 0 Å². The van der Waals surface area contributed by atoms with Gasteiger partial charge in [-0.25, -0.2) is 0 Å². The van der Waals surface area contributed by atoms with Gasteiger partial charge < -0.3 is 10.4 Å². The van der Waals surface area contributed by atoms with Gasteiger partial charge in [-0.05, 0) is 93.8 Å². The maximum absolute atomic E-state index is 12.9. The van der Waals surface area contributed by atoms with E-state index in [1.165, 1.54) is 31.3 Å². The lowest BCUT2D eigenvalue weighted by atomic mass is 9.47. The molecule has 4 rings (SSSR count). The summed E-state index contributed by atoms with van der Waals surface area (Å²) in [6.45, 7) is 9.02. The molecule has 0 aromatic rings. The first-order valence-corrected chi connectivity index (χ1v) is 10.9. The SMILES string of the molecule is CC(C)NC(=O)[C@H]1CC[C@H]2[C@@H]3CC=C4C[C@@H](O)CC[C@]4(C)[C@H]3CC[C@]12C. The summed E-state index contributed by atoms with van der Waals surface area (Å²) in [5.74, 6) is 2.66. The van der Waals surface area contributed by atoms with Gasteiger partial charge in [0, 0.05) is 12.0 Å². The fourth-order valence-corrected chi connectivity index (χ4v) is 7.46. The third-order valence-electron chi connectivity index (χ3n) is 8.83. The van der Waals surface area contributed by atoms with Gasteiger partial charge in [0.1, 0.15) is 0 Å². The van der Waals surface area contributed by atoms with Gasteiger partial charge in [-0.15, -0.1) is 0 Å². The third-order valence-corrected chi connectivity index (χ3v) is 8.83. The number of amides is 1. The number of aliphatic hydroxyl groups is 1. The Morgan fingerprint density at radius 2 is 1.92 bits per heavy atom. The Labute approximate surface area is 159 Å². The lowest BCUT2D eigenvalue weighted by Crippen LogP contribution is -2.52. The van der Waals surface area contributed by atoms with E-state index in [-0.39, 0.29) is 23.5 Å². The van der Waals surface area contributed by atoms with Gasteiger partial charge in [-0.3, -0.25) is 4.79 Å². The lowest BCUT2D eigenvalue weighted by Gasteiger charge is -2.57. The summed E-state index contributed by atoms with van der Waals surface area (Å²) in [6, 6.07) is 0.231. The van der Waals surface area contributed by atoms with E-state index in [0.717, 1.165) is 37.5 Å². The lowest BCUT2D eigenvalue weighted by molar-refractivity contribution is -0.132. The van der Waals surface area contributed by atoms with Gasteiger partial charge in [-0.1, -0.05) is 25.5 Å². The van der Waals surface area contributed by atoms with Crippen LogP contribution in [0.15, 0.2) is 11.6 Å². The second-order valence-electron chi connectivity index (χ2n) is 10.5. The number of aliphatic hydroxyl groups excluding tert-OH is 1. The molecule has 0 spiro atoms. The third kappa shape index (κ3) is 2.68. The molecule has 26 heavy (non-hydrogen) atoms. The van der Waals surface area contributed by atoms with Crippen LogP contribution in [0, 0.1) is 34.5 Å². The van der Waals surface area contributed by atoms with Crippen LogP contribution in [0.4, 0.5) is 0 Å². The zero-order valence-corrected chi connectivity index (χ0v) is 17.1. The minimum atomic E-state index is -0.129. The number of allylic oxidation sites excluding steroid dienone is 1. The summed E-state index contributed by atoms with van der Waals surface area (Å²) in [5.41, 5.74) is 2.01. The summed E-state index contributed by atoms with van der Waals surface area (Å²) < 4.78 is 0. The molecule has 4 aliphatic carbocycles. The molecule has 0 unspecified atom stereocenters. The second kappa shape index (κ2) is 6.36. The molecule has 146 valence electrons. The molecule has 0 aromatic heterocycles. The van der Waals surface area contributed by atoms with Crippen LogP contribution < -0.4 is 5.32 Å². The highest BCUT2D eigenvalue weighted by molar-refractivity contribution is 5.80. The predicted octanol–water partition coefficient (Wildman–Crippen LogP) is 4.45. The molecular weight excluding hydrogens is 322 g/mol. The Bertz CT molecular complexity index is 611. The van der Waals surface area contributed by atoms with E-state index in [0.29, 0.717) is 17.2 Å². The summed E-state index contributed by atoms with van der Waals surface area (Å²) >= 11 is 0. The van der Waals surface area contributed by atoms with Crippen molar-refractivity contribution in [2.24, 2.45) is 34.5 Å². The second-order valence-corrected chi connectivity index (χ2v) is 10.5. The monoisotopic (exact) mass is 359 g/mol. The smallest absolute Gasteiger partial charge is 0.223 e. The largest absolute Gasteiger partial charge is 0.393 e. The molecule has 0 aliphatic heterocycles. The molecule has 0 saturated heterocycles. The number of rotatable bonds is 2. The van der Waals surface area contributed by atoms with E-state index in [1.54, 1.807) is 0 Å². The molecule has 3 saturated carbocycles. The summed E-state index contributed by atoms with van der Waals surface area (Å²) in [6.07, 6.45) is 11.2. The first-order chi connectivity index (χ1) is 12.3. The van der Waals surface area contributed by atoms with Crippen molar-refractivity contribution in [3.8, 4) is 0 Å². The maximum atomic E-state index is 12.9. The van der Waals surface area contributed by atoms with Crippen molar-refractivity contribution in [3.63, 3.8) is 0 Å². The van der Waals surface area contributed by atoms with Gasteiger partial charge in [0.15, 0.2) is 0 Å². The topological polar surface area (TPSA) is 49.3 Å². The van der Waals surface area contributed by atoms with Crippen LogP contribution in [-0.4, -0.2) is 23.2 Å². The van der Waals surface area contributed by atoms with Crippen molar-refractivity contribution in [1.29, 1.82) is 0 Å². The van der Waals surface area contributed by atoms with Crippen LogP contribution in [0.3, 0.4) is 0 Å². The van der Waals surface area contributed by atoms with Gasteiger partial charge in [0.05, 0.1) is 6.10 Å². The Morgan fingerprint density at radius 3 is 2.65 bits per heavy atom. The molecule has 0 bridgehead atoms. The molecule has 3 nitrogen and oxygen atoms in total. The van der Waals surface area contributed by atoms with E-state index in [2.05, 4.69) is 39.1 Å². The van der Waals surface area contributed by atoms with Crippen molar-refractivity contribution in [3.05, 3.63) is 11.6 Å². The zero-order valence-electron chi connectivity index (χ0n) is 17.1. The van der Waals surface area contributed by atoms with E-state index >= 15 is 0 Å². The normalized spacial score (nSPS) is 47.6. The molecular formula is C23H37NO2. The van der Waals surface area contributed by atoms with E-state index < -0.39 is 0 Å². The van der Waals surface area contributed by atoms with Crippen LogP contribution in [-0.2, 0) is 4.79 Å². The Hall–Kier alpha value is -0.830. The summed E-state index contributed by atoms with van der Waals surface area (Å²) in [5, 5.41) is 13.3. The number of fused-ring (bicyclic) bond motifs is 5. The molecule has 0 aromatic carbocycles. The van der Waals surface area contributed by atoms with Crippen molar-refractivity contribution in [2.75, 3.05) is 0 Å². The predicted molar refractivity (Wildman–Crippen MR) is 104 cm³/mol. The average Bonchev–Trinajstić information content (AvgIpc) is 2.92. The van der Waals surface area contributed by atoms with Crippen LogP contribution in [0.1, 0.15) is 79.1 Å². The van der Waals surface area contributed by atoms with Crippen molar-refractivity contribution >= 4 is 5.91 Å². The van der Waals surface area contributed by atoms with E-state index in [9.17, 15) is 9.90 Å². The minimum Gasteiger partial charge on any atom is -0.393 e. The Morgan fingerprint density at radius 1 is 1.15 bits per heavy atom. The van der Waals surface area contributed by atoms with Crippen LogP contribution in [0.25, 0.3) is 0 Å². The van der Waals surface area contributed by atoms with Crippen LogP contribution in [0.2, 0.25) is 0 Å². The van der Waals surface area contributed by atoms with Crippen LogP contribution in [0.5, 0.6) is 0 Å². The van der Waals surface area contributed by atoms with Gasteiger partial charge in [0.2, 0.25) is 5.91 Å². The number of hydrogen-bond donors (Lipinski definition) is 2. The zero-order chi connectivity index (χ0) is 18.7. The first kappa shape index (κ1) is 18.5. The van der Waals surface area contributed by atoms with E-state index in [1.807, 2.05) is 0 Å². The highest BCUT2D eigenvalue weighted by Gasteiger charge is 2.59. The molecule has 4 aliphatic rings. The summed E-state index contributed by atoms with van der Waals surface area (Å²) in [4.78, 5) is 12.9. The quantitative estimate of drug-likeness (QED) is 0.716. The Kier molecular flexibility index (Phi) is 4.53. The molecule has 1 amide bonds. The van der Waals surface area contributed by atoms with Gasteiger partial charge >= 0.3 is 0 Å². The van der Waals surface area contributed by atoms with E-state index in [4.69, 9.17) is 0 Å². The number of hydrogen-bond acceptors (Lipinski definition) is 2. The summed E-state index contributed by atoms with van der Waals surface area (Å²) in [7, 11) is 0. The molecule has 0 radical (unpaired) electrons. The van der Waals surface area contributed by atoms with Crippen molar-refractivity contribution < 1.29 is 9.90 Å². The Balaban J connectivity index is 1.59. The minimum absolute atomic E-state index is 0.129. The molecule has 0 heterocycles. The van der Waals surface area contributed by atoms with Gasteiger partial charge in [0.25, 0.3) is 0 Å². The molecule has 3 fully saturated rings. The maximum Gasteiger partial charge on any atom is 0.223 e. The average molecular weight is 360 g/mol. The standard InChI is InChI=1S/C23H37NO2/c1-14(2)24-21(26)20-8-7-18-17-6-5-15-13-16(25)9-11-22(15,3)19(17)10-12-23(18,20)4/h5,14,16-20,25H,6-13H2,1-4H3,(H,24,26)/t16-,17-,18-,19-,20+,22-,23-/m0/s1. The first-order valence-electron chi connectivity index (χ1n) is 10.9. The molecule has 7 atom stereocenters. The van der Waals surface area contributed by atoms with Gasteiger partial charge in [-0.2, -0.15) is 0 Å². The number of carbonyl (C=O) groups excluding carboxylic acids is 1. The number of nitrogens with one attached hydrogen (secondary N) is 1.